The molecule has 1 saturated heterocycles. The normalized spacial score (nSPS) is 14.2. The van der Waals surface area contributed by atoms with E-state index in [4.69, 9.17) is 10.5 Å². The van der Waals surface area contributed by atoms with Crippen LogP contribution in [-0.2, 0) is 0 Å². The third kappa shape index (κ3) is 5.15. The van der Waals surface area contributed by atoms with Crippen LogP contribution >= 0.6 is 0 Å². The number of piperazine rings is 1. The Bertz CT molecular complexity index is 1050. The SMILES string of the molecule is CNC(=O)c1nc(-c2cccc(OCCN3CCN(c4ccccc4)CC3)c2)cnc1N. The van der Waals surface area contributed by atoms with Crippen LogP contribution in [-0.4, -0.2) is 67.2 Å². The number of nitrogens with one attached hydrogen (secondary N) is 1. The lowest BCUT2D eigenvalue weighted by molar-refractivity contribution is 0.0959. The van der Waals surface area contributed by atoms with E-state index in [9.17, 15) is 4.79 Å². The van der Waals surface area contributed by atoms with Crippen LogP contribution in [0.3, 0.4) is 0 Å². The minimum absolute atomic E-state index is 0.105. The molecular formula is C24H28N6O2. The van der Waals surface area contributed by atoms with Crippen LogP contribution in [0.5, 0.6) is 5.75 Å². The van der Waals surface area contributed by atoms with Gasteiger partial charge in [0.15, 0.2) is 11.5 Å². The van der Waals surface area contributed by atoms with Crippen molar-refractivity contribution in [3.05, 3.63) is 66.5 Å². The average molecular weight is 433 g/mol. The number of hydrogen-bond acceptors (Lipinski definition) is 7. The molecule has 166 valence electrons. The molecule has 0 atom stereocenters. The fourth-order valence-corrected chi connectivity index (χ4v) is 3.73. The molecule has 1 amide bonds. The molecule has 1 aliphatic rings. The molecule has 0 spiro atoms. The number of rotatable bonds is 7. The van der Waals surface area contributed by atoms with Crippen molar-refractivity contribution in [2.24, 2.45) is 0 Å². The quantitative estimate of drug-likeness (QED) is 0.591. The van der Waals surface area contributed by atoms with Crippen molar-refractivity contribution < 1.29 is 9.53 Å². The number of nitrogen functional groups attached to an aromatic ring is 1. The van der Waals surface area contributed by atoms with Gasteiger partial charge >= 0.3 is 0 Å². The summed E-state index contributed by atoms with van der Waals surface area (Å²) in [4.78, 5) is 25.3. The molecule has 1 fully saturated rings. The second-order valence-electron chi connectivity index (χ2n) is 7.61. The monoisotopic (exact) mass is 432 g/mol. The zero-order valence-corrected chi connectivity index (χ0v) is 18.2. The molecule has 2 heterocycles. The lowest BCUT2D eigenvalue weighted by Gasteiger charge is -2.36. The molecule has 0 unspecified atom stereocenters. The van der Waals surface area contributed by atoms with Gasteiger partial charge < -0.3 is 20.7 Å². The maximum Gasteiger partial charge on any atom is 0.273 e. The van der Waals surface area contributed by atoms with Crippen LogP contribution in [0, 0.1) is 0 Å². The third-order valence-corrected chi connectivity index (χ3v) is 5.54. The van der Waals surface area contributed by atoms with Crippen molar-refractivity contribution in [1.82, 2.24) is 20.2 Å². The van der Waals surface area contributed by atoms with Crippen molar-refractivity contribution in [3.8, 4) is 17.0 Å². The van der Waals surface area contributed by atoms with Gasteiger partial charge in [-0.2, -0.15) is 0 Å². The first-order valence-electron chi connectivity index (χ1n) is 10.7. The van der Waals surface area contributed by atoms with E-state index in [2.05, 4.69) is 49.4 Å². The Balaban J connectivity index is 1.31. The van der Waals surface area contributed by atoms with Crippen LogP contribution in [0.4, 0.5) is 11.5 Å². The summed E-state index contributed by atoms with van der Waals surface area (Å²) in [5.74, 6) is 0.495. The first-order chi connectivity index (χ1) is 15.6. The summed E-state index contributed by atoms with van der Waals surface area (Å²) in [5.41, 5.74) is 8.57. The molecule has 0 saturated carbocycles. The van der Waals surface area contributed by atoms with E-state index in [1.165, 1.54) is 12.7 Å². The highest BCUT2D eigenvalue weighted by molar-refractivity contribution is 5.96. The molecule has 0 aliphatic carbocycles. The van der Waals surface area contributed by atoms with E-state index in [0.29, 0.717) is 12.3 Å². The van der Waals surface area contributed by atoms with E-state index in [1.54, 1.807) is 6.20 Å². The van der Waals surface area contributed by atoms with Gasteiger partial charge in [0, 0.05) is 51.0 Å². The predicted molar refractivity (Wildman–Crippen MR) is 126 cm³/mol. The zero-order valence-electron chi connectivity index (χ0n) is 18.2. The van der Waals surface area contributed by atoms with Crippen molar-refractivity contribution in [3.63, 3.8) is 0 Å². The Morgan fingerprint density at radius 3 is 2.62 bits per heavy atom. The van der Waals surface area contributed by atoms with E-state index in [0.717, 1.165) is 44.0 Å². The summed E-state index contributed by atoms with van der Waals surface area (Å²) >= 11 is 0. The van der Waals surface area contributed by atoms with Gasteiger partial charge in [-0.05, 0) is 24.3 Å². The van der Waals surface area contributed by atoms with Gasteiger partial charge in [0.1, 0.15) is 12.4 Å². The highest BCUT2D eigenvalue weighted by Gasteiger charge is 2.17. The van der Waals surface area contributed by atoms with Crippen molar-refractivity contribution >= 4 is 17.4 Å². The number of para-hydroxylation sites is 1. The van der Waals surface area contributed by atoms with E-state index in [-0.39, 0.29) is 17.4 Å². The third-order valence-electron chi connectivity index (χ3n) is 5.54. The lowest BCUT2D eigenvalue weighted by atomic mass is 10.1. The second-order valence-corrected chi connectivity index (χ2v) is 7.61. The largest absolute Gasteiger partial charge is 0.492 e. The number of carbonyl (C=O) groups is 1. The Morgan fingerprint density at radius 2 is 1.88 bits per heavy atom. The first-order valence-corrected chi connectivity index (χ1v) is 10.7. The summed E-state index contributed by atoms with van der Waals surface area (Å²) in [6.45, 7) is 5.54. The minimum Gasteiger partial charge on any atom is -0.492 e. The number of nitrogens with zero attached hydrogens (tertiary/aromatic N) is 4. The molecular weight excluding hydrogens is 404 g/mol. The topological polar surface area (TPSA) is 96.6 Å². The minimum atomic E-state index is -0.364. The summed E-state index contributed by atoms with van der Waals surface area (Å²) in [7, 11) is 1.53. The number of amides is 1. The summed E-state index contributed by atoms with van der Waals surface area (Å²) < 4.78 is 6.00. The van der Waals surface area contributed by atoms with Crippen molar-refractivity contribution in [2.75, 3.05) is 57.0 Å². The molecule has 3 N–H and O–H groups in total. The Hall–Kier alpha value is -3.65. The predicted octanol–water partition coefficient (Wildman–Crippen LogP) is 2.29. The molecule has 8 heteroatoms. The summed E-state index contributed by atoms with van der Waals surface area (Å²) in [6, 6.07) is 18.2. The van der Waals surface area contributed by atoms with E-state index < -0.39 is 0 Å². The van der Waals surface area contributed by atoms with Crippen LogP contribution in [0.2, 0.25) is 0 Å². The van der Waals surface area contributed by atoms with Gasteiger partial charge in [0.2, 0.25) is 0 Å². The number of nitrogens with two attached hydrogens (primary N) is 1. The van der Waals surface area contributed by atoms with Gasteiger partial charge in [0.25, 0.3) is 5.91 Å². The van der Waals surface area contributed by atoms with Crippen LogP contribution < -0.4 is 20.7 Å². The first kappa shape index (κ1) is 21.6. The van der Waals surface area contributed by atoms with Gasteiger partial charge in [0.05, 0.1) is 11.9 Å². The molecule has 4 rings (SSSR count). The maximum atomic E-state index is 12.0. The fraction of sp³-hybridized carbons (Fsp3) is 0.292. The van der Waals surface area contributed by atoms with Gasteiger partial charge in [-0.25, -0.2) is 9.97 Å². The lowest BCUT2D eigenvalue weighted by Crippen LogP contribution is -2.47. The number of ether oxygens (including phenoxy) is 1. The molecule has 0 radical (unpaired) electrons. The number of carbonyl (C=O) groups excluding carboxylic acids is 1. The van der Waals surface area contributed by atoms with Crippen LogP contribution in [0.1, 0.15) is 10.5 Å². The zero-order chi connectivity index (χ0) is 22.3. The smallest absolute Gasteiger partial charge is 0.273 e. The van der Waals surface area contributed by atoms with Gasteiger partial charge in [-0.15, -0.1) is 0 Å². The van der Waals surface area contributed by atoms with E-state index in [1.807, 2.05) is 30.3 Å². The highest BCUT2D eigenvalue weighted by Crippen LogP contribution is 2.23. The summed E-state index contributed by atoms with van der Waals surface area (Å²) in [6.07, 6.45) is 1.56. The molecule has 2 aromatic carbocycles. The fourth-order valence-electron chi connectivity index (χ4n) is 3.73. The standard InChI is InChI=1S/C24H28N6O2/c1-26-24(31)22-23(25)27-17-21(28-22)18-6-5-9-20(16-18)32-15-14-29-10-12-30(13-11-29)19-7-3-2-4-8-19/h2-9,16-17H,10-15H2,1H3,(H2,25,27)(H,26,31). The maximum absolute atomic E-state index is 12.0. The molecule has 0 bridgehead atoms. The van der Waals surface area contributed by atoms with Crippen LogP contribution in [0.25, 0.3) is 11.3 Å². The Morgan fingerprint density at radius 1 is 1.09 bits per heavy atom. The van der Waals surface area contributed by atoms with Crippen molar-refractivity contribution in [2.45, 2.75) is 0 Å². The summed E-state index contributed by atoms with van der Waals surface area (Å²) in [5, 5.41) is 2.53. The number of anilines is 2. The Kier molecular flexibility index (Phi) is 6.81. The molecule has 32 heavy (non-hydrogen) atoms. The van der Waals surface area contributed by atoms with Gasteiger partial charge in [-0.1, -0.05) is 30.3 Å². The van der Waals surface area contributed by atoms with Gasteiger partial charge in [-0.3, -0.25) is 9.69 Å². The highest BCUT2D eigenvalue weighted by atomic mass is 16.5. The van der Waals surface area contributed by atoms with E-state index >= 15 is 0 Å². The Labute approximate surface area is 188 Å². The number of aromatic nitrogens is 2. The molecule has 8 nitrogen and oxygen atoms in total. The number of hydrogen-bond donors (Lipinski definition) is 2. The van der Waals surface area contributed by atoms with Crippen LogP contribution in [0.15, 0.2) is 60.8 Å². The molecule has 3 aromatic rings. The van der Waals surface area contributed by atoms with Crippen molar-refractivity contribution in [1.29, 1.82) is 0 Å². The number of benzene rings is 2. The molecule has 1 aromatic heterocycles. The molecule has 1 aliphatic heterocycles. The average Bonchev–Trinajstić information content (AvgIpc) is 2.85. The second kappa shape index (κ2) is 10.1.